The SMILES string of the molecule is CCOc1nc(NC)nc(-c2ccc(C3CCC3)cc2)n1. The van der Waals surface area contributed by atoms with Crippen LogP contribution in [0.3, 0.4) is 0 Å². The van der Waals surface area contributed by atoms with E-state index in [1.807, 2.05) is 6.92 Å². The molecule has 110 valence electrons. The Bertz CT molecular complexity index is 608. The van der Waals surface area contributed by atoms with Gasteiger partial charge in [-0.25, -0.2) is 0 Å². The Morgan fingerprint density at radius 1 is 1.14 bits per heavy atom. The molecule has 0 radical (unpaired) electrons. The predicted molar refractivity (Wildman–Crippen MR) is 82.6 cm³/mol. The van der Waals surface area contributed by atoms with Crippen LogP contribution in [0.4, 0.5) is 5.95 Å². The zero-order valence-electron chi connectivity index (χ0n) is 12.5. The topological polar surface area (TPSA) is 59.9 Å². The third-order valence-electron chi connectivity index (χ3n) is 3.86. The number of hydrogen-bond acceptors (Lipinski definition) is 5. The van der Waals surface area contributed by atoms with E-state index in [4.69, 9.17) is 4.74 Å². The highest BCUT2D eigenvalue weighted by Crippen LogP contribution is 2.36. The van der Waals surface area contributed by atoms with Crippen LogP contribution in [0.5, 0.6) is 6.01 Å². The minimum Gasteiger partial charge on any atom is -0.464 e. The third kappa shape index (κ3) is 2.96. The van der Waals surface area contributed by atoms with E-state index in [-0.39, 0.29) is 0 Å². The molecule has 0 aliphatic heterocycles. The summed E-state index contributed by atoms with van der Waals surface area (Å²) in [7, 11) is 1.79. The van der Waals surface area contributed by atoms with Crippen LogP contribution >= 0.6 is 0 Å². The van der Waals surface area contributed by atoms with Crippen molar-refractivity contribution in [1.29, 1.82) is 0 Å². The maximum atomic E-state index is 5.40. The van der Waals surface area contributed by atoms with E-state index in [0.29, 0.717) is 24.4 Å². The fourth-order valence-corrected chi connectivity index (χ4v) is 2.44. The van der Waals surface area contributed by atoms with Gasteiger partial charge in [-0.05, 0) is 31.2 Å². The quantitative estimate of drug-likeness (QED) is 0.913. The standard InChI is InChI=1S/C16H20N4O/c1-3-21-16-19-14(18-15(17-2)20-16)13-9-7-12(8-10-13)11-5-4-6-11/h7-11H,3-6H2,1-2H3,(H,17,18,19,20). The van der Waals surface area contributed by atoms with Crippen LogP contribution < -0.4 is 10.1 Å². The van der Waals surface area contributed by atoms with Crippen molar-refractivity contribution in [3.05, 3.63) is 29.8 Å². The van der Waals surface area contributed by atoms with Gasteiger partial charge in [0, 0.05) is 12.6 Å². The van der Waals surface area contributed by atoms with Crippen LogP contribution in [0.25, 0.3) is 11.4 Å². The molecule has 0 bridgehead atoms. The largest absolute Gasteiger partial charge is 0.464 e. The molecule has 1 aliphatic carbocycles. The van der Waals surface area contributed by atoms with Crippen LogP contribution in [-0.4, -0.2) is 28.6 Å². The Balaban J connectivity index is 1.89. The van der Waals surface area contributed by atoms with Crippen LogP contribution in [0.1, 0.15) is 37.7 Å². The predicted octanol–water partition coefficient (Wildman–Crippen LogP) is 3.25. The lowest BCUT2D eigenvalue weighted by molar-refractivity contribution is 0.312. The number of nitrogens with zero attached hydrogens (tertiary/aromatic N) is 3. The molecule has 0 amide bonds. The van der Waals surface area contributed by atoms with Crippen molar-refractivity contribution < 1.29 is 4.74 Å². The second kappa shape index (κ2) is 6.08. The molecule has 1 heterocycles. The Labute approximate surface area is 124 Å². The zero-order chi connectivity index (χ0) is 14.7. The molecule has 1 aromatic carbocycles. The van der Waals surface area contributed by atoms with Gasteiger partial charge in [0.15, 0.2) is 5.82 Å². The first-order valence-electron chi connectivity index (χ1n) is 7.47. The summed E-state index contributed by atoms with van der Waals surface area (Å²) < 4.78 is 5.40. The number of ether oxygens (including phenoxy) is 1. The zero-order valence-corrected chi connectivity index (χ0v) is 12.5. The summed E-state index contributed by atoms with van der Waals surface area (Å²) in [5.74, 6) is 1.90. The molecular formula is C16H20N4O. The summed E-state index contributed by atoms with van der Waals surface area (Å²) >= 11 is 0. The van der Waals surface area contributed by atoms with Gasteiger partial charge in [0.25, 0.3) is 0 Å². The minimum atomic E-state index is 0.356. The van der Waals surface area contributed by atoms with E-state index in [1.165, 1.54) is 24.8 Å². The first-order valence-corrected chi connectivity index (χ1v) is 7.47. The summed E-state index contributed by atoms with van der Waals surface area (Å²) in [5.41, 5.74) is 2.40. The summed E-state index contributed by atoms with van der Waals surface area (Å²) in [6.07, 6.45) is 3.97. The molecule has 0 unspecified atom stereocenters. The summed E-state index contributed by atoms with van der Waals surface area (Å²) in [4.78, 5) is 12.9. The molecule has 21 heavy (non-hydrogen) atoms. The highest BCUT2D eigenvalue weighted by Gasteiger charge is 2.19. The molecule has 1 fully saturated rings. The van der Waals surface area contributed by atoms with Crippen molar-refractivity contribution in [2.24, 2.45) is 0 Å². The van der Waals surface area contributed by atoms with E-state index in [1.54, 1.807) is 7.05 Å². The summed E-state index contributed by atoms with van der Waals surface area (Å²) in [6.45, 7) is 2.45. The van der Waals surface area contributed by atoms with Crippen molar-refractivity contribution in [2.45, 2.75) is 32.1 Å². The molecule has 0 saturated heterocycles. The number of benzene rings is 1. The molecule has 3 rings (SSSR count). The molecule has 0 atom stereocenters. The lowest BCUT2D eigenvalue weighted by atomic mass is 9.80. The van der Waals surface area contributed by atoms with Gasteiger partial charge in [-0.3, -0.25) is 0 Å². The fraction of sp³-hybridized carbons (Fsp3) is 0.438. The van der Waals surface area contributed by atoms with Crippen molar-refractivity contribution >= 4 is 5.95 Å². The first-order chi connectivity index (χ1) is 10.3. The van der Waals surface area contributed by atoms with Gasteiger partial charge in [-0.15, -0.1) is 0 Å². The Morgan fingerprint density at radius 3 is 2.48 bits per heavy atom. The monoisotopic (exact) mass is 284 g/mol. The highest BCUT2D eigenvalue weighted by molar-refractivity contribution is 5.57. The maximum absolute atomic E-state index is 5.40. The molecule has 1 aromatic heterocycles. The Morgan fingerprint density at radius 2 is 1.90 bits per heavy atom. The first kappa shape index (κ1) is 13.8. The summed E-state index contributed by atoms with van der Waals surface area (Å²) in [6, 6.07) is 8.89. The van der Waals surface area contributed by atoms with Gasteiger partial charge in [0.05, 0.1) is 6.61 Å². The van der Waals surface area contributed by atoms with Gasteiger partial charge in [-0.1, -0.05) is 30.7 Å². The number of hydrogen-bond donors (Lipinski definition) is 1. The van der Waals surface area contributed by atoms with Gasteiger partial charge in [0.1, 0.15) is 0 Å². The summed E-state index contributed by atoms with van der Waals surface area (Å²) in [5, 5.41) is 2.94. The van der Waals surface area contributed by atoms with Crippen molar-refractivity contribution in [3.8, 4) is 17.4 Å². The van der Waals surface area contributed by atoms with Gasteiger partial charge in [-0.2, -0.15) is 15.0 Å². The van der Waals surface area contributed by atoms with E-state index in [2.05, 4.69) is 44.5 Å². The second-order valence-electron chi connectivity index (χ2n) is 5.20. The fourth-order valence-electron chi connectivity index (χ4n) is 2.44. The maximum Gasteiger partial charge on any atom is 0.321 e. The molecular weight excluding hydrogens is 264 g/mol. The van der Waals surface area contributed by atoms with Gasteiger partial charge < -0.3 is 10.1 Å². The average molecular weight is 284 g/mol. The smallest absolute Gasteiger partial charge is 0.321 e. The molecule has 1 saturated carbocycles. The normalized spacial score (nSPS) is 14.6. The molecule has 2 aromatic rings. The average Bonchev–Trinajstić information content (AvgIpc) is 2.46. The van der Waals surface area contributed by atoms with E-state index in [0.717, 1.165) is 11.5 Å². The minimum absolute atomic E-state index is 0.356. The van der Waals surface area contributed by atoms with E-state index >= 15 is 0 Å². The van der Waals surface area contributed by atoms with Crippen LogP contribution in [0, 0.1) is 0 Å². The molecule has 1 aliphatic rings. The second-order valence-corrected chi connectivity index (χ2v) is 5.20. The van der Waals surface area contributed by atoms with Gasteiger partial charge in [0.2, 0.25) is 5.95 Å². The number of anilines is 1. The van der Waals surface area contributed by atoms with Crippen LogP contribution in [0.15, 0.2) is 24.3 Å². The third-order valence-corrected chi connectivity index (χ3v) is 3.86. The van der Waals surface area contributed by atoms with E-state index in [9.17, 15) is 0 Å². The van der Waals surface area contributed by atoms with Crippen LogP contribution in [0.2, 0.25) is 0 Å². The number of rotatable bonds is 5. The van der Waals surface area contributed by atoms with Crippen LogP contribution in [-0.2, 0) is 0 Å². The molecule has 0 spiro atoms. The number of nitrogens with one attached hydrogen (secondary N) is 1. The van der Waals surface area contributed by atoms with Crippen molar-refractivity contribution in [2.75, 3.05) is 19.0 Å². The Hall–Kier alpha value is -2.17. The van der Waals surface area contributed by atoms with Crippen molar-refractivity contribution in [1.82, 2.24) is 15.0 Å². The van der Waals surface area contributed by atoms with Crippen molar-refractivity contribution in [3.63, 3.8) is 0 Å². The molecule has 1 N–H and O–H groups in total. The Kier molecular flexibility index (Phi) is 3.99. The lowest BCUT2D eigenvalue weighted by Gasteiger charge is -2.25. The number of aromatic nitrogens is 3. The van der Waals surface area contributed by atoms with E-state index < -0.39 is 0 Å². The highest BCUT2D eigenvalue weighted by atomic mass is 16.5. The lowest BCUT2D eigenvalue weighted by Crippen LogP contribution is -2.08. The van der Waals surface area contributed by atoms with Gasteiger partial charge >= 0.3 is 6.01 Å². The molecule has 5 nitrogen and oxygen atoms in total. The molecule has 5 heteroatoms.